The van der Waals surface area contributed by atoms with Gasteiger partial charge in [-0.15, -0.1) is 0 Å². The van der Waals surface area contributed by atoms with Crippen molar-refractivity contribution in [1.82, 2.24) is 0 Å². The summed E-state index contributed by atoms with van der Waals surface area (Å²) in [6.45, 7) is 5.92. The van der Waals surface area contributed by atoms with E-state index in [4.69, 9.17) is 0 Å². The van der Waals surface area contributed by atoms with Crippen LogP contribution in [-0.4, -0.2) is 21.9 Å². The van der Waals surface area contributed by atoms with Gasteiger partial charge >= 0.3 is 0 Å². The van der Waals surface area contributed by atoms with E-state index in [1.54, 1.807) is 0 Å². The summed E-state index contributed by atoms with van der Waals surface area (Å²) in [7, 11) is 0. The van der Waals surface area contributed by atoms with E-state index in [2.05, 4.69) is 0 Å². The maximum Gasteiger partial charge on any atom is 0.0953 e. The van der Waals surface area contributed by atoms with Gasteiger partial charge in [0.2, 0.25) is 0 Å². The molecule has 2 unspecified atom stereocenters. The SMILES string of the molecule is CC(C)(C)C1(O)CCCC1O. The van der Waals surface area contributed by atoms with Crippen LogP contribution in [0.3, 0.4) is 0 Å². The monoisotopic (exact) mass is 158 g/mol. The van der Waals surface area contributed by atoms with E-state index in [0.717, 1.165) is 19.3 Å². The lowest BCUT2D eigenvalue weighted by Gasteiger charge is -2.39. The van der Waals surface area contributed by atoms with Crippen LogP contribution in [-0.2, 0) is 0 Å². The minimum atomic E-state index is -0.854. The molecule has 1 fully saturated rings. The molecular weight excluding hydrogens is 140 g/mol. The molecule has 2 nitrogen and oxygen atoms in total. The second-order valence-electron chi connectivity index (χ2n) is 4.58. The number of aliphatic hydroxyl groups excluding tert-OH is 1. The quantitative estimate of drug-likeness (QED) is 0.558. The van der Waals surface area contributed by atoms with E-state index in [0.29, 0.717) is 0 Å². The molecule has 2 N–H and O–H groups in total. The lowest BCUT2D eigenvalue weighted by atomic mass is 9.74. The van der Waals surface area contributed by atoms with Crippen LogP contribution in [0.2, 0.25) is 0 Å². The third kappa shape index (κ3) is 1.30. The van der Waals surface area contributed by atoms with Gasteiger partial charge in [0, 0.05) is 0 Å². The summed E-state index contributed by atoms with van der Waals surface area (Å²) in [5.41, 5.74) is -1.06. The normalized spacial score (nSPS) is 39.5. The summed E-state index contributed by atoms with van der Waals surface area (Å²) < 4.78 is 0. The minimum absolute atomic E-state index is 0.205. The number of aliphatic hydroxyl groups is 2. The average molecular weight is 158 g/mol. The Morgan fingerprint density at radius 3 is 2.09 bits per heavy atom. The van der Waals surface area contributed by atoms with Crippen LogP contribution in [0.5, 0.6) is 0 Å². The number of rotatable bonds is 0. The zero-order chi connectivity index (χ0) is 8.70. The Balaban J connectivity index is 2.81. The Hall–Kier alpha value is -0.0800. The fraction of sp³-hybridized carbons (Fsp3) is 1.00. The molecule has 0 amide bonds. The highest BCUT2D eigenvalue weighted by Gasteiger charge is 2.48. The highest BCUT2D eigenvalue weighted by Crippen LogP contribution is 2.43. The predicted molar refractivity (Wildman–Crippen MR) is 44.3 cm³/mol. The second-order valence-corrected chi connectivity index (χ2v) is 4.58. The van der Waals surface area contributed by atoms with Gasteiger partial charge in [-0.05, 0) is 24.7 Å². The third-order valence-electron chi connectivity index (χ3n) is 2.89. The molecule has 0 spiro atoms. The number of hydrogen-bond donors (Lipinski definition) is 2. The van der Waals surface area contributed by atoms with E-state index < -0.39 is 11.7 Å². The molecule has 0 heterocycles. The van der Waals surface area contributed by atoms with E-state index >= 15 is 0 Å². The van der Waals surface area contributed by atoms with Gasteiger partial charge < -0.3 is 10.2 Å². The van der Waals surface area contributed by atoms with Gasteiger partial charge in [-0.2, -0.15) is 0 Å². The Morgan fingerprint density at radius 1 is 1.36 bits per heavy atom. The molecule has 1 aliphatic rings. The van der Waals surface area contributed by atoms with Crippen molar-refractivity contribution in [3.05, 3.63) is 0 Å². The van der Waals surface area contributed by atoms with Crippen molar-refractivity contribution in [2.45, 2.75) is 51.7 Å². The van der Waals surface area contributed by atoms with Gasteiger partial charge in [-0.3, -0.25) is 0 Å². The van der Waals surface area contributed by atoms with E-state index in [9.17, 15) is 10.2 Å². The smallest absolute Gasteiger partial charge is 0.0953 e. The molecule has 0 saturated heterocycles. The lowest BCUT2D eigenvalue weighted by molar-refractivity contribution is -0.123. The Bertz CT molecular complexity index is 148. The van der Waals surface area contributed by atoms with Gasteiger partial charge in [0.15, 0.2) is 0 Å². The first-order valence-corrected chi connectivity index (χ1v) is 4.28. The molecule has 66 valence electrons. The van der Waals surface area contributed by atoms with Crippen molar-refractivity contribution in [2.24, 2.45) is 5.41 Å². The van der Waals surface area contributed by atoms with Gasteiger partial charge in [-0.1, -0.05) is 20.8 Å². The van der Waals surface area contributed by atoms with Crippen molar-refractivity contribution < 1.29 is 10.2 Å². The van der Waals surface area contributed by atoms with Gasteiger partial charge in [0.1, 0.15) is 0 Å². The predicted octanol–water partition coefficient (Wildman–Crippen LogP) is 1.31. The molecule has 1 saturated carbocycles. The summed E-state index contributed by atoms with van der Waals surface area (Å²) >= 11 is 0. The standard InChI is InChI=1S/C9H18O2/c1-8(2,3)9(11)6-4-5-7(9)10/h7,10-11H,4-6H2,1-3H3. The summed E-state index contributed by atoms with van der Waals surface area (Å²) in [5, 5.41) is 19.6. The van der Waals surface area contributed by atoms with Crippen molar-refractivity contribution in [1.29, 1.82) is 0 Å². The van der Waals surface area contributed by atoms with Crippen LogP contribution in [0.1, 0.15) is 40.0 Å². The molecule has 2 heteroatoms. The molecule has 0 bridgehead atoms. The molecule has 0 aromatic carbocycles. The molecule has 2 atom stereocenters. The maximum atomic E-state index is 10.0. The fourth-order valence-electron chi connectivity index (χ4n) is 1.85. The van der Waals surface area contributed by atoms with E-state index in [1.807, 2.05) is 20.8 Å². The topological polar surface area (TPSA) is 40.5 Å². The molecule has 11 heavy (non-hydrogen) atoms. The molecule has 1 aliphatic carbocycles. The second kappa shape index (κ2) is 2.46. The first-order chi connectivity index (χ1) is 4.88. The number of hydrogen-bond acceptors (Lipinski definition) is 2. The van der Waals surface area contributed by atoms with Crippen molar-refractivity contribution >= 4 is 0 Å². The van der Waals surface area contributed by atoms with Crippen LogP contribution in [0.4, 0.5) is 0 Å². The minimum Gasteiger partial charge on any atom is -0.390 e. The molecule has 1 rings (SSSR count). The zero-order valence-corrected chi connectivity index (χ0v) is 7.59. The summed E-state index contributed by atoms with van der Waals surface area (Å²) in [6.07, 6.45) is 1.89. The van der Waals surface area contributed by atoms with Gasteiger partial charge in [0.25, 0.3) is 0 Å². The van der Waals surface area contributed by atoms with E-state index in [-0.39, 0.29) is 5.41 Å². The summed E-state index contributed by atoms with van der Waals surface area (Å²) in [4.78, 5) is 0. The van der Waals surface area contributed by atoms with Crippen LogP contribution < -0.4 is 0 Å². The van der Waals surface area contributed by atoms with Crippen molar-refractivity contribution in [2.75, 3.05) is 0 Å². The highest BCUT2D eigenvalue weighted by atomic mass is 16.3. The van der Waals surface area contributed by atoms with Crippen molar-refractivity contribution in [3.8, 4) is 0 Å². The Kier molecular flexibility index (Phi) is 2.01. The van der Waals surface area contributed by atoms with Crippen LogP contribution in [0.15, 0.2) is 0 Å². The van der Waals surface area contributed by atoms with Crippen molar-refractivity contribution in [3.63, 3.8) is 0 Å². The average Bonchev–Trinajstić information content (AvgIpc) is 2.12. The summed E-state index contributed by atoms with van der Waals surface area (Å²) in [6, 6.07) is 0. The molecule has 0 aromatic rings. The Labute approximate surface area is 68.2 Å². The maximum absolute atomic E-state index is 10.0. The van der Waals surface area contributed by atoms with Gasteiger partial charge in [0.05, 0.1) is 11.7 Å². The van der Waals surface area contributed by atoms with Crippen LogP contribution >= 0.6 is 0 Å². The van der Waals surface area contributed by atoms with Gasteiger partial charge in [-0.25, -0.2) is 0 Å². The molecule has 0 aromatic heterocycles. The largest absolute Gasteiger partial charge is 0.390 e. The molecule has 0 aliphatic heterocycles. The first kappa shape index (κ1) is 9.01. The van der Waals surface area contributed by atoms with E-state index in [1.165, 1.54) is 0 Å². The third-order valence-corrected chi connectivity index (χ3v) is 2.89. The van der Waals surface area contributed by atoms with Crippen LogP contribution in [0, 0.1) is 5.41 Å². The lowest BCUT2D eigenvalue weighted by Crippen LogP contribution is -2.48. The molecule has 0 radical (unpaired) electrons. The fourth-order valence-corrected chi connectivity index (χ4v) is 1.85. The first-order valence-electron chi connectivity index (χ1n) is 4.28. The Morgan fingerprint density at radius 2 is 1.91 bits per heavy atom. The highest BCUT2D eigenvalue weighted by molar-refractivity contribution is 5.00. The zero-order valence-electron chi connectivity index (χ0n) is 7.59. The summed E-state index contributed by atoms with van der Waals surface area (Å²) in [5.74, 6) is 0. The molecular formula is C9H18O2. The van der Waals surface area contributed by atoms with Crippen LogP contribution in [0.25, 0.3) is 0 Å².